The van der Waals surface area contributed by atoms with Crippen molar-refractivity contribution >= 4 is 21.9 Å². The van der Waals surface area contributed by atoms with Gasteiger partial charge in [0.1, 0.15) is 11.4 Å². The van der Waals surface area contributed by atoms with Gasteiger partial charge in [0.05, 0.1) is 11.4 Å². The minimum atomic E-state index is -3.90. The molecule has 0 aromatic heterocycles. The summed E-state index contributed by atoms with van der Waals surface area (Å²) in [5.41, 5.74) is 1.63. The molecule has 3 aromatic rings. The number of hydrogen-bond donors (Lipinski definition) is 1. The van der Waals surface area contributed by atoms with Gasteiger partial charge < -0.3 is 5.11 Å². The Bertz CT molecular complexity index is 1170. The minimum absolute atomic E-state index is 0.0128. The number of benzene rings is 3. The van der Waals surface area contributed by atoms with E-state index >= 15 is 0 Å². The number of fused-ring (bicyclic) bond motifs is 1. The van der Waals surface area contributed by atoms with Crippen LogP contribution in [0.5, 0.6) is 5.75 Å². The van der Waals surface area contributed by atoms with Crippen LogP contribution in [0.2, 0.25) is 0 Å². The lowest BCUT2D eigenvalue weighted by Gasteiger charge is -2.31. The number of sulfonamides is 1. The molecule has 140 valence electrons. The molecule has 1 heterocycles. The minimum Gasteiger partial charge on any atom is -0.508 e. The number of carbonyl (C=O) groups is 1. The smallest absolute Gasteiger partial charge is 0.265 e. The summed E-state index contributed by atoms with van der Waals surface area (Å²) in [5.74, 6) is -0.259. The van der Waals surface area contributed by atoms with Crippen molar-refractivity contribution in [2.75, 3.05) is 0 Å². The van der Waals surface area contributed by atoms with Crippen molar-refractivity contribution in [3.8, 4) is 5.75 Å². The van der Waals surface area contributed by atoms with Crippen LogP contribution in [0.1, 0.15) is 21.5 Å². The predicted octanol–water partition coefficient (Wildman–Crippen LogP) is 3.82. The Morgan fingerprint density at radius 2 is 1.50 bits per heavy atom. The molecule has 0 amide bonds. The first kappa shape index (κ1) is 18.0. The predicted molar refractivity (Wildman–Crippen MR) is 106 cm³/mol. The van der Waals surface area contributed by atoms with E-state index in [1.54, 1.807) is 24.3 Å². The highest BCUT2D eigenvalue weighted by Gasteiger charge is 2.39. The molecule has 5 nitrogen and oxygen atoms in total. The van der Waals surface area contributed by atoms with Crippen molar-refractivity contribution in [2.45, 2.75) is 11.4 Å². The third kappa shape index (κ3) is 3.18. The van der Waals surface area contributed by atoms with E-state index in [1.807, 2.05) is 30.3 Å². The van der Waals surface area contributed by atoms with Crippen LogP contribution < -0.4 is 0 Å². The molecule has 1 N–H and O–H groups in total. The van der Waals surface area contributed by atoms with Crippen LogP contribution in [0.25, 0.3) is 6.08 Å². The molecule has 3 aromatic carbocycles. The second kappa shape index (κ2) is 6.98. The highest BCUT2D eigenvalue weighted by molar-refractivity contribution is 7.89. The van der Waals surface area contributed by atoms with Gasteiger partial charge in [0, 0.05) is 5.56 Å². The van der Waals surface area contributed by atoms with Crippen LogP contribution in [0, 0.1) is 0 Å². The molecule has 0 spiro atoms. The number of nitrogens with zero attached hydrogens (tertiary/aromatic N) is 1. The number of phenolic OH excluding ortho intramolecular Hbond substituents is 1. The van der Waals surface area contributed by atoms with Crippen molar-refractivity contribution < 1.29 is 18.3 Å². The molecule has 6 heteroatoms. The van der Waals surface area contributed by atoms with Gasteiger partial charge in [-0.25, -0.2) is 8.42 Å². The first-order chi connectivity index (χ1) is 13.5. The van der Waals surface area contributed by atoms with Crippen molar-refractivity contribution in [1.82, 2.24) is 4.31 Å². The molecule has 0 radical (unpaired) electrons. The molecule has 1 aliphatic heterocycles. The summed E-state index contributed by atoms with van der Waals surface area (Å²) in [4.78, 5) is 13.2. The van der Waals surface area contributed by atoms with Gasteiger partial charge in [0.2, 0.25) is 5.78 Å². The molecule has 0 unspecified atom stereocenters. The Hall–Kier alpha value is -3.38. The fourth-order valence-electron chi connectivity index (χ4n) is 3.16. The van der Waals surface area contributed by atoms with Crippen molar-refractivity contribution in [3.05, 3.63) is 101 Å². The normalized spacial score (nSPS) is 16.8. The van der Waals surface area contributed by atoms with Crippen molar-refractivity contribution in [3.63, 3.8) is 0 Å². The molecule has 1 aliphatic rings. The second-order valence-electron chi connectivity index (χ2n) is 6.44. The largest absolute Gasteiger partial charge is 0.508 e. The van der Waals surface area contributed by atoms with Crippen molar-refractivity contribution in [1.29, 1.82) is 0 Å². The number of allylic oxidation sites excluding steroid dienone is 1. The van der Waals surface area contributed by atoms with E-state index in [0.717, 1.165) is 9.87 Å². The van der Waals surface area contributed by atoms with Gasteiger partial charge in [-0.1, -0.05) is 54.6 Å². The van der Waals surface area contributed by atoms with Gasteiger partial charge in [0.15, 0.2) is 0 Å². The van der Waals surface area contributed by atoms with E-state index in [4.69, 9.17) is 0 Å². The fourth-order valence-corrected chi connectivity index (χ4v) is 4.80. The van der Waals surface area contributed by atoms with E-state index in [-0.39, 0.29) is 34.2 Å². The maximum atomic E-state index is 13.3. The Kier molecular flexibility index (Phi) is 4.49. The zero-order valence-corrected chi connectivity index (χ0v) is 15.6. The van der Waals surface area contributed by atoms with Crippen molar-refractivity contribution in [2.24, 2.45) is 0 Å². The number of ketones is 1. The molecule has 0 aliphatic carbocycles. The van der Waals surface area contributed by atoms with E-state index in [0.29, 0.717) is 5.56 Å². The van der Waals surface area contributed by atoms with Gasteiger partial charge in [0.25, 0.3) is 10.0 Å². The molecular formula is C22H17NO4S. The zero-order valence-electron chi connectivity index (χ0n) is 14.8. The lowest BCUT2D eigenvalue weighted by molar-refractivity contribution is 0.100. The third-order valence-electron chi connectivity index (χ3n) is 4.57. The third-order valence-corrected chi connectivity index (χ3v) is 6.38. The zero-order chi connectivity index (χ0) is 19.7. The lowest BCUT2D eigenvalue weighted by Crippen LogP contribution is -2.38. The van der Waals surface area contributed by atoms with Gasteiger partial charge in [-0.05, 0) is 41.5 Å². The monoisotopic (exact) mass is 391 g/mol. The molecule has 28 heavy (non-hydrogen) atoms. The quantitative estimate of drug-likeness (QED) is 0.689. The van der Waals surface area contributed by atoms with Crippen LogP contribution in [0.3, 0.4) is 0 Å². The first-order valence-corrected chi connectivity index (χ1v) is 10.1. The number of aromatic hydroxyl groups is 1. The topological polar surface area (TPSA) is 74.7 Å². The average Bonchev–Trinajstić information content (AvgIpc) is 2.71. The molecule has 0 atom stereocenters. The maximum Gasteiger partial charge on any atom is 0.265 e. The maximum absolute atomic E-state index is 13.3. The number of phenols is 1. The van der Waals surface area contributed by atoms with Crippen LogP contribution in [-0.4, -0.2) is 23.6 Å². The molecule has 0 bridgehead atoms. The number of hydrogen-bond acceptors (Lipinski definition) is 4. The summed E-state index contributed by atoms with van der Waals surface area (Å²) in [6.45, 7) is 0.0488. The molecule has 0 fully saturated rings. The Labute approximate surface area is 163 Å². The number of carbonyl (C=O) groups excluding carboxylic acids is 1. The first-order valence-electron chi connectivity index (χ1n) is 8.68. The summed E-state index contributed by atoms with van der Waals surface area (Å²) in [5, 5.41) is 9.48. The van der Waals surface area contributed by atoms with E-state index in [2.05, 4.69) is 0 Å². The summed E-state index contributed by atoms with van der Waals surface area (Å²) in [6.07, 6.45) is 1.54. The molecule has 0 saturated carbocycles. The fraction of sp³-hybridized carbons (Fsp3) is 0.0455. The van der Waals surface area contributed by atoms with Crippen LogP contribution in [0.15, 0.2) is 89.5 Å². The summed E-state index contributed by atoms with van der Waals surface area (Å²) < 4.78 is 27.8. The van der Waals surface area contributed by atoms with Crippen LogP contribution >= 0.6 is 0 Å². The van der Waals surface area contributed by atoms with E-state index in [9.17, 15) is 18.3 Å². The van der Waals surface area contributed by atoms with Gasteiger partial charge >= 0.3 is 0 Å². The van der Waals surface area contributed by atoms with E-state index in [1.165, 1.54) is 30.3 Å². The number of Topliss-reactive ketones (excluding diaryl/α,β-unsaturated/α-hetero) is 1. The van der Waals surface area contributed by atoms with Crippen LogP contribution in [0.4, 0.5) is 0 Å². The summed E-state index contributed by atoms with van der Waals surface area (Å²) >= 11 is 0. The van der Waals surface area contributed by atoms with Gasteiger partial charge in [-0.15, -0.1) is 0 Å². The Morgan fingerprint density at radius 1 is 0.857 bits per heavy atom. The van der Waals surface area contributed by atoms with Gasteiger partial charge in [-0.2, -0.15) is 0 Å². The standard InChI is InChI=1S/C22H17NO4S/c24-18-12-10-16(11-13-18)14-20-22(25)19-8-4-5-9-21(19)28(26,27)23(20)15-17-6-2-1-3-7-17/h1-14,24H,15H2/b20-14+. The molecule has 0 saturated heterocycles. The Morgan fingerprint density at radius 3 is 2.21 bits per heavy atom. The highest BCUT2D eigenvalue weighted by Crippen LogP contribution is 2.34. The Balaban J connectivity index is 1.89. The van der Waals surface area contributed by atoms with E-state index < -0.39 is 10.0 Å². The molecule has 4 rings (SSSR count). The summed E-state index contributed by atoms with van der Waals surface area (Å²) in [7, 11) is -3.90. The van der Waals surface area contributed by atoms with Crippen LogP contribution in [-0.2, 0) is 16.6 Å². The lowest BCUT2D eigenvalue weighted by atomic mass is 10.0. The van der Waals surface area contributed by atoms with Gasteiger partial charge in [-0.3, -0.25) is 9.10 Å². The molecular weight excluding hydrogens is 374 g/mol. The SMILES string of the molecule is O=C1/C(=C\c2ccc(O)cc2)N(Cc2ccccc2)S(=O)(=O)c2ccccc21. The number of rotatable bonds is 3. The highest BCUT2D eigenvalue weighted by atomic mass is 32.2. The summed E-state index contributed by atoms with van der Waals surface area (Å²) in [6, 6.07) is 21.6. The average molecular weight is 391 g/mol. The second-order valence-corrected chi connectivity index (χ2v) is 8.27.